The summed E-state index contributed by atoms with van der Waals surface area (Å²) in [5.74, 6) is 0.960. The van der Waals surface area contributed by atoms with Gasteiger partial charge in [-0.2, -0.15) is 0 Å². The van der Waals surface area contributed by atoms with Crippen LogP contribution < -0.4 is 4.90 Å². The second kappa shape index (κ2) is 4.79. The van der Waals surface area contributed by atoms with Gasteiger partial charge in [-0.25, -0.2) is 14.3 Å². The van der Waals surface area contributed by atoms with E-state index in [1.807, 2.05) is 33.7 Å². The minimum atomic E-state index is -0.519. The highest BCUT2D eigenvalue weighted by Gasteiger charge is 2.54. The average molecular weight is 333 g/mol. The van der Waals surface area contributed by atoms with Crippen LogP contribution in [0.2, 0.25) is 5.02 Å². The topological polar surface area (TPSA) is 59.2 Å². The number of urea groups is 1. The van der Waals surface area contributed by atoms with Crippen LogP contribution in [-0.4, -0.2) is 71.3 Å². The standard InChI is InChI=1S/C15H15ClN5O2/c1-18-12-11(13(22)19(2)15(18)23)21-8-7-20(14(21)17-12)10-5-3-9(16)4-6-10/h3-6,11H,7-8H2,1-2H3/q+1. The average Bonchev–Trinajstić information content (AvgIpc) is 3.11. The molecule has 3 amide bonds. The normalized spacial score (nSPS) is 23.5. The van der Waals surface area contributed by atoms with Gasteiger partial charge < -0.3 is 0 Å². The molecule has 23 heavy (non-hydrogen) atoms. The molecule has 3 heterocycles. The zero-order valence-corrected chi connectivity index (χ0v) is 13.5. The van der Waals surface area contributed by atoms with Gasteiger partial charge in [0, 0.05) is 19.1 Å². The Morgan fingerprint density at radius 2 is 1.87 bits per heavy atom. The molecule has 118 valence electrons. The van der Waals surface area contributed by atoms with E-state index in [1.54, 1.807) is 7.05 Å². The number of likely N-dealkylation sites (N-methyl/N-ethyl adjacent to an activating group) is 2. The Morgan fingerprint density at radius 1 is 1.17 bits per heavy atom. The second-order valence-electron chi connectivity index (χ2n) is 5.73. The molecule has 3 aliphatic rings. The van der Waals surface area contributed by atoms with Gasteiger partial charge in [-0.1, -0.05) is 16.6 Å². The number of guanidine groups is 1. The molecule has 1 fully saturated rings. The summed E-state index contributed by atoms with van der Waals surface area (Å²) in [6.07, 6.45) is 0. The molecular formula is C15H15ClN5O2+. The largest absolute Gasteiger partial charge is 0.397 e. The van der Waals surface area contributed by atoms with Gasteiger partial charge in [0.25, 0.3) is 5.91 Å². The van der Waals surface area contributed by atoms with Gasteiger partial charge >= 0.3 is 12.0 Å². The molecule has 0 radical (unpaired) electrons. The van der Waals surface area contributed by atoms with Crippen LogP contribution in [0.4, 0.5) is 10.5 Å². The predicted molar refractivity (Wildman–Crippen MR) is 86.1 cm³/mol. The van der Waals surface area contributed by atoms with Crippen LogP contribution in [0.5, 0.6) is 0 Å². The van der Waals surface area contributed by atoms with E-state index >= 15 is 0 Å². The number of amides is 3. The first-order chi connectivity index (χ1) is 11.0. The SMILES string of the molecule is CN1C(=O)C2C(=NC3=[N+]2CCN3c2ccc(Cl)cc2)N(C)C1=O. The summed E-state index contributed by atoms with van der Waals surface area (Å²) in [5.41, 5.74) is 0.963. The van der Waals surface area contributed by atoms with Crippen molar-refractivity contribution >= 4 is 41.0 Å². The van der Waals surface area contributed by atoms with Crippen molar-refractivity contribution in [2.75, 3.05) is 32.1 Å². The summed E-state index contributed by atoms with van der Waals surface area (Å²) < 4.78 is 1.95. The van der Waals surface area contributed by atoms with E-state index in [9.17, 15) is 9.59 Å². The third-order valence-corrected chi connectivity index (χ3v) is 4.71. The van der Waals surface area contributed by atoms with Gasteiger partial charge in [0.15, 0.2) is 0 Å². The molecule has 0 aliphatic carbocycles. The number of carbonyl (C=O) groups is 2. The highest BCUT2D eigenvalue weighted by Crippen LogP contribution is 2.27. The summed E-state index contributed by atoms with van der Waals surface area (Å²) in [6.45, 7) is 1.41. The van der Waals surface area contributed by atoms with E-state index in [0.29, 0.717) is 23.4 Å². The molecule has 0 bridgehead atoms. The molecule has 1 aromatic rings. The smallest absolute Gasteiger partial charge is 0.270 e. The molecule has 4 rings (SSSR count). The Hall–Kier alpha value is -2.41. The summed E-state index contributed by atoms with van der Waals surface area (Å²) in [4.78, 5) is 33.8. The quantitative estimate of drug-likeness (QED) is 0.716. The highest BCUT2D eigenvalue weighted by molar-refractivity contribution is 6.30. The summed E-state index contributed by atoms with van der Waals surface area (Å²) in [5, 5.41) is 0.670. The number of fused-ring (bicyclic) bond motifs is 2. The first-order valence-corrected chi connectivity index (χ1v) is 7.67. The van der Waals surface area contributed by atoms with E-state index in [0.717, 1.165) is 17.1 Å². The van der Waals surface area contributed by atoms with Crippen LogP contribution >= 0.6 is 11.6 Å². The van der Waals surface area contributed by atoms with E-state index in [-0.39, 0.29) is 11.9 Å². The first-order valence-electron chi connectivity index (χ1n) is 7.29. The van der Waals surface area contributed by atoms with Gasteiger partial charge in [0.2, 0.25) is 11.9 Å². The minimum absolute atomic E-state index is 0.236. The fraction of sp³-hybridized carbons (Fsp3) is 0.333. The lowest BCUT2D eigenvalue weighted by Crippen LogP contribution is -2.61. The maximum Gasteiger partial charge on any atom is 0.397 e. The van der Waals surface area contributed by atoms with Gasteiger partial charge in [-0.05, 0) is 24.3 Å². The van der Waals surface area contributed by atoms with Crippen molar-refractivity contribution in [3.8, 4) is 0 Å². The number of hydrogen-bond acceptors (Lipinski definition) is 4. The molecule has 8 heteroatoms. The Balaban J connectivity index is 1.76. The summed E-state index contributed by atoms with van der Waals surface area (Å²) in [7, 11) is 3.15. The minimum Gasteiger partial charge on any atom is -0.270 e. The van der Waals surface area contributed by atoms with Crippen molar-refractivity contribution in [2.45, 2.75) is 6.04 Å². The zero-order valence-electron chi connectivity index (χ0n) is 12.7. The van der Waals surface area contributed by atoms with Crippen LogP contribution in [0.1, 0.15) is 0 Å². The lowest BCUT2D eigenvalue weighted by Gasteiger charge is -2.31. The summed E-state index contributed by atoms with van der Waals surface area (Å²) in [6, 6.07) is 6.61. The van der Waals surface area contributed by atoms with Crippen molar-refractivity contribution in [2.24, 2.45) is 4.99 Å². The number of halogens is 1. The molecule has 1 atom stereocenters. The fourth-order valence-corrected chi connectivity index (χ4v) is 3.33. The Bertz CT molecular complexity index is 786. The third kappa shape index (κ3) is 1.89. The van der Waals surface area contributed by atoms with Crippen LogP contribution in [0.3, 0.4) is 0 Å². The van der Waals surface area contributed by atoms with Crippen LogP contribution in [0.25, 0.3) is 0 Å². The lowest BCUT2D eigenvalue weighted by molar-refractivity contribution is -0.525. The molecular weight excluding hydrogens is 318 g/mol. The maximum atomic E-state index is 12.5. The van der Waals surface area contributed by atoms with Crippen molar-refractivity contribution in [1.29, 1.82) is 0 Å². The van der Waals surface area contributed by atoms with Gasteiger partial charge in [-0.3, -0.25) is 14.6 Å². The van der Waals surface area contributed by atoms with Gasteiger partial charge in [-0.15, -0.1) is 0 Å². The summed E-state index contributed by atoms with van der Waals surface area (Å²) >= 11 is 5.94. The number of amidine groups is 1. The Labute approximate surface area is 138 Å². The van der Waals surface area contributed by atoms with Crippen molar-refractivity contribution in [1.82, 2.24) is 9.80 Å². The molecule has 7 nitrogen and oxygen atoms in total. The molecule has 1 unspecified atom stereocenters. The van der Waals surface area contributed by atoms with Crippen molar-refractivity contribution in [3.05, 3.63) is 29.3 Å². The van der Waals surface area contributed by atoms with Crippen LogP contribution in [-0.2, 0) is 4.79 Å². The Kier molecular flexibility index (Phi) is 2.96. The number of anilines is 1. The molecule has 0 saturated carbocycles. The predicted octanol–water partition coefficient (Wildman–Crippen LogP) is 0.833. The maximum absolute atomic E-state index is 12.5. The lowest BCUT2D eigenvalue weighted by atomic mass is 10.1. The van der Waals surface area contributed by atoms with E-state index in [2.05, 4.69) is 4.99 Å². The molecule has 0 spiro atoms. The number of aliphatic imine (C=N–C) groups is 1. The molecule has 1 saturated heterocycles. The van der Waals surface area contributed by atoms with Gasteiger partial charge in [0.05, 0.1) is 6.54 Å². The van der Waals surface area contributed by atoms with E-state index in [4.69, 9.17) is 11.6 Å². The second-order valence-corrected chi connectivity index (χ2v) is 6.17. The van der Waals surface area contributed by atoms with Crippen molar-refractivity contribution in [3.63, 3.8) is 0 Å². The van der Waals surface area contributed by atoms with E-state index in [1.165, 1.54) is 11.9 Å². The van der Waals surface area contributed by atoms with Crippen LogP contribution in [0, 0.1) is 0 Å². The fourth-order valence-electron chi connectivity index (χ4n) is 3.20. The molecule has 0 N–H and O–H groups in total. The number of nitrogens with zero attached hydrogens (tertiary/aromatic N) is 5. The van der Waals surface area contributed by atoms with Gasteiger partial charge in [0.1, 0.15) is 12.2 Å². The van der Waals surface area contributed by atoms with Crippen molar-refractivity contribution < 1.29 is 14.2 Å². The highest BCUT2D eigenvalue weighted by atomic mass is 35.5. The molecule has 0 aromatic heterocycles. The molecule has 3 aliphatic heterocycles. The number of benzene rings is 1. The number of carbonyl (C=O) groups excluding carboxylic acids is 2. The first kappa shape index (κ1) is 14.2. The number of rotatable bonds is 1. The third-order valence-electron chi connectivity index (χ3n) is 4.45. The molecule has 1 aromatic carbocycles. The number of imide groups is 1. The zero-order chi connectivity index (χ0) is 16.3. The monoisotopic (exact) mass is 332 g/mol. The number of hydrogen-bond donors (Lipinski definition) is 0. The van der Waals surface area contributed by atoms with Crippen LogP contribution in [0.15, 0.2) is 29.3 Å². The van der Waals surface area contributed by atoms with E-state index < -0.39 is 6.04 Å². The Morgan fingerprint density at radius 3 is 2.57 bits per heavy atom.